The molecule has 0 spiro atoms. The number of carbonyl (C=O) groups excluding carboxylic acids is 1. The summed E-state index contributed by atoms with van der Waals surface area (Å²) in [7, 11) is 0. The number of H-pyrrole nitrogens is 1. The average molecular weight is 334 g/mol. The summed E-state index contributed by atoms with van der Waals surface area (Å²) in [5, 5.41) is 1.14. The summed E-state index contributed by atoms with van der Waals surface area (Å²) < 4.78 is 0. The fourth-order valence-corrected chi connectivity index (χ4v) is 3.66. The third-order valence-electron chi connectivity index (χ3n) is 5.01. The maximum Gasteiger partial charge on any atom is 0.255 e. The van der Waals surface area contributed by atoms with E-state index < -0.39 is 0 Å². The van der Waals surface area contributed by atoms with Crippen LogP contribution in [0.2, 0.25) is 0 Å². The van der Waals surface area contributed by atoms with Gasteiger partial charge in [0, 0.05) is 48.2 Å². The molecule has 0 saturated carbocycles. The molecule has 1 atom stereocenters. The normalized spacial score (nSPS) is 17.8. The lowest BCUT2D eigenvalue weighted by Crippen LogP contribution is -2.39. The van der Waals surface area contributed by atoms with Crippen LogP contribution in [0.15, 0.2) is 36.7 Å². The molecule has 1 aliphatic rings. The number of aromatic nitrogens is 3. The summed E-state index contributed by atoms with van der Waals surface area (Å²) in [6.45, 7) is 5.48. The Morgan fingerprint density at radius 1 is 1.28 bits per heavy atom. The first-order chi connectivity index (χ1) is 12.1. The van der Waals surface area contributed by atoms with E-state index in [-0.39, 0.29) is 5.91 Å². The van der Waals surface area contributed by atoms with Gasteiger partial charge < -0.3 is 9.88 Å². The lowest BCUT2D eigenvalue weighted by Gasteiger charge is -2.32. The maximum absolute atomic E-state index is 12.9. The Bertz CT molecular complexity index is 930. The molecule has 0 aromatic carbocycles. The molecule has 1 aliphatic heterocycles. The molecule has 1 amide bonds. The molecule has 0 bridgehead atoms. The van der Waals surface area contributed by atoms with Crippen LogP contribution in [0, 0.1) is 13.8 Å². The van der Waals surface area contributed by atoms with E-state index >= 15 is 0 Å². The number of aromatic amines is 1. The molecular weight excluding hydrogens is 312 g/mol. The van der Waals surface area contributed by atoms with E-state index in [0.29, 0.717) is 11.5 Å². The molecule has 5 nitrogen and oxygen atoms in total. The smallest absolute Gasteiger partial charge is 0.255 e. The fourth-order valence-electron chi connectivity index (χ4n) is 3.66. The Labute approximate surface area is 147 Å². The van der Waals surface area contributed by atoms with Gasteiger partial charge in [-0.05, 0) is 56.5 Å². The number of fused-ring (bicyclic) bond motifs is 1. The van der Waals surface area contributed by atoms with E-state index in [0.717, 1.165) is 48.2 Å². The van der Waals surface area contributed by atoms with Gasteiger partial charge >= 0.3 is 0 Å². The van der Waals surface area contributed by atoms with Crippen LogP contribution in [-0.4, -0.2) is 38.8 Å². The van der Waals surface area contributed by atoms with Gasteiger partial charge in [-0.2, -0.15) is 0 Å². The quantitative estimate of drug-likeness (QED) is 0.779. The van der Waals surface area contributed by atoms with E-state index in [1.54, 1.807) is 6.20 Å². The van der Waals surface area contributed by atoms with Crippen molar-refractivity contribution in [2.24, 2.45) is 0 Å². The summed E-state index contributed by atoms with van der Waals surface area (Å²) in [5.41, 5.74) is 4.75. The van der Waals surface area contributed by atoms with E-state index in [4.69, 9.17) is 0 Å². The highest BCUT2D eigenvalue weighted by Gasteiger charge is 2.27. The van der Waals surface area contributed by atoms with E-state index in [1.165, 1.54) is 5.69 Å². The van der Waals surface area contributed by atoms with Crippen LogP contribution in [0.4, 0.5) is 0 Å². The van der Waals surface area contributed by atoms with Crippen molar-refractivity contribution in [1.29, 1.82) is 0 Å². The number of piperidine rings is 1. The minimum Gasteiger partial charge on any atom is -0.343 e. The number of hydrogen-bond donors (Lipinski definition) is 1. The van der Waals surface area contributed by atoms with Gasteiger partial charge in [0.05, 0.1) is 5.56 Å². The second kappa shape index (κ2) is 6.31. The van der Waals surface area contributed by atoms with Gasteiger partial charge in [0.15, 0.2) is 0 Å². The number of amides is 1. The van der Waals surface area contributed by atoms with Crippen LogP contribution in [0.3, 0.4) is 0 Å². The van der Waals surface area contributed by atoms with Gasteiger partial charge in [0.2, 0.25) is 0 Å². The fraction of sp³-hybridized carbons (Fsp3) is 0.350. The number of nitrogens with one attached hydrogen (secondary N) is 1. The summed E-state index contributed by atoms with van der Waals surface area (Å²) in [6.07, 6.45) is 5.70. The minimum absolute atomic E-state index is 0.0837. The number of likely N-dealkylation sites (tertiary alicyclic amines) is 1. The van der Waals surface area contributed by atoms with Crippen LogP contribution in [0.5, 0.6) is 0 Å². The van der Waals surface area contributed by atoms with Crippen molar-refractivity contribution >= 4 is 16.9 Å². The van der Waals surface area contributed by atoms with Gasteiger partial charge in [-0.3, -0.25) is 9.78 Å². The highest BCUT2D eigenvalue weighted by atomic mass is 16.2. The lowest BCUT2D eigenvalue weighted by molar-refractivity contribution is 0.0705. The second-order valence-electron chi connectivity index (χ2n) is 6.90. The lowest BCUT2D eigenvalue weighted by atomic mass is 9.94. The first-order valence-corrected chi connectivity index (χ1v) is 8.78. The van der Waals surface area contributed by atoms with Crippen molar-refractivity contribution in [2.75, 3.05) is 13.1 Å². The van der Waals surface area contributed by atoms with Crippen molar-refractivity contribution in [1.82, 2.24) is 19.9 Å². The Kier molecular flexibility index (Phi) is 3.99. The molecule has 5 heteroatoms. The summed E-state index contributed by atoms with van der Waals surface area (Å²) in [6, 6.07) is 8.02. The van der Waals surface area contributed by atoms with Crippen molar-refractivity contribution in [3.05, 3.63) is 59.2 Å². The summed E-state index contributed by atoms with van der Waals surface area (Å²) in [4.78, 5) is 27.0. The molecule has 25 heavy (non-hydrogen) atoms. The van der Waals surface area contributed by atoms with Crippen LogP contribution in [0.25, 0.3) is 11.0 Å². The molecule has 0 radical (unpaired) electrons. The van der Waals surface area contributed by atoms with Crippen LogP contribution >= 0.6 is 0 Å². The molecule has 4 heterocycles. The maximum atomic E-state index is 12.9. The molecule has 1 saturated heterocycles. The Balaban J connectivity index is 1.58. The van der Waals surface area contributed by atoms with Gasteiger partial charge in [0.1, 0.15) is 5.65 Å². The topological polar surface area (TPSA) is 61.9 Å². The minimum atomic E-state index is 0.0837. The first-order valence-electron chi connectivity index (χ1n) is 8.78. The highest BCUT2D eigenvalue weighted by molar-refractivity contribution is 5.95. The Morgan fingerprint density at radius 2 is 2.16 bits per heavy atom. The number of rotatable bonds is 2. The van der Waals surface area contributed by atoms with Crippen molar-refractivity contribution < 1.29 is 4.79 Å². The van der Waals surface area contributed by atoms with Gasteiger partial charge in [0.25, 0.3) is 5.91 Å². The Morgan fingerprint density at radius 3 is 3.00 bits per heavy atom. The van der Waals surface area contributed by atoms with Gasteiger partial charge in [-0.25, -0.2) is 4.98 Å². The Hall–Kier alpha value is -2.69. The average Bonchev–Trinajstić information content (AvgIpc) is 3.05. The summed E-state index contributed by atoms with van der Waals surface area (Å²) >= 11 is 0. The van der Waals surface area contributed by atoms with Crippen LogP contribution in [0.1, 0.15) is 46.1 Å². The monoisotopic (exact) mass is 334 g/mol. The number of aryl methyl sites for hydroxylation is 2. The number of carbonyl (C=O) groups is 1. The zero-order valence-electron chi connectivity index (χ0n) is 14.6. The molecule has 0 aliphatic carbocycles. The molecular formula is C20H22N4O. The predicted octanol–water partition coefficient (Wildman–Crippen LogP) is 3.59. The molecule has 1 fully saturated rings. The largest absolute Gasteiger partial charge is 0.343 e. The van der Waals surface area contributed by atoms with Crippen molar-refractivity contribution in [2.45, 2.75) is 32.6 Å². The van der Waals surface area contributed by atoms with E-state index in [2.05, 4.69) is 34.0 Å². The zero-order chi connectivity index (χ0) is 17.4. The third-order valence-corrected chi connectivity index (χ3v) is 5.01. The molecule has 4 rings (SSSR count). The standard InChI is InChI=1S/C20H22N4O/c1-13-9-16-10-18(23-19(16)22-11-13)15-5-4-8-24(12-15)20(25)17-6-3-7-21-14(17)2/h3,6-7,9-11,15H,4-5,8,12H2,1-2H3,(H,22,23)/t15-/m0/s1. The molecule has 128 valence electrons. The van der Waals surface area contributed by atoms with Crippen LogP contribution < -0.4 is 0 Å². The summed E-state index contributed by atoms with van der Waals surface area (Å²) in [5.74, 6) is 0.407. The highest BCUT2D eigenvalue weighted by Crippen LogP contribution is 2.29. The van der Waals surface area contributed by atoms with E-state index in [9.17, 15) is 4.79 Å². The second-order valence-corrected chi connectivity index (χ2v) is 6.90. The SMILES string of the molecule is Cc1cnc2[nH]c([C@H]3CCCN(C(=O)c4cccnc4C)C3)cc2c1. The van der Waals surface area contributed by atoms with Crippen molar-refractivity contribution in [3.8, 4) is 0 Å². The molecule has 1 N–H and O–H groups in total. The van der Waals surface area contributed by atoms with Gasteiger partial charge in [-0.1, -0.05) is 0 Å². The van der Waals surface area contributed by atoms with Crippen molar-refractivity contribution in [3.63, 3.8) is 0 Å². The van der Waals surface area contributed by atoms with E-state index in [1.807, 2.05) is 30.2 Å². The van der Waals surface area contributed by atoms with Gasteiger partial charge in [-0.15, -0.1) is 0 Å². The number of pyridine rings is 2. The first kappa shape index (κ1) is 15.8. The molecule has 0 unspecified atom stereocenters. The molecule has 3 aromatic rings. The predicted molar refractivity (Wildman–Crippen MR) is 97.7 cm³/mol. The number of hydrogen-bond acceptors (Lipinski definition) is 3. The zero-order valence-corrected chi connectivity index (χ0v) is 14.6. The van der Waals surface area contributed by atoms with Crippen LogP contribution in [-0.2, 0) is 0 Å². The molecule has 3 aromatic heterocycles. The third kappa shape index (κ3) is 3.02. The number of nitrogens with zero attached hydrogens (tertiary/aromatic N) is 3.